The van der Waals surface area contributed by atoms with E-state index in [9.17, 15) is 9.59 Å². The summed E-state index contributed by atoms with van der Waals surface area (Å²) in [5, 5.41) is 1.96. The second kappa shape index (κ2) is 5.98. The highest BCUT2D eigenvalue weighted by Crippen LogP contribution is 2.40. The molecule has 2 aliphatic rings. The van der Waals surface area contributed by atoms with Crippen molar-refractivity contribution < 1.29 is 14.0 Å². The Morgan fingerprint density at radius 1 is 1.28 bits per heavy atom. The molecule has 3 amide bonds. The average Bonchev–Trinajstić information content (AvgIpc) is 3.31. The lowest BCUT2D eigenvalue weighted by molar-refractivity contribution is -0.134. The van der Waals surface area contributed by atoms with Crippen molar-refractivity contribution in [2.75, 3.05) is 7.05 Å². The molecule has 0 unspecified atom stereocenters. The van der Waals surface area contributed by atoms with Gasteiger partial charge in [0.1, 0.15) is 17.0 Å². The number of hydrogen-bond donors (Lipinski definition) is 0. The third-order valence-electron chi connectivity index (χ3n) is 5.42. The zero-order valence-corrected chi connectivity index (χ0v) is 15.3. The molecule has 4 rings (SSSR count). The fourth-order valence-corrected chi connectivity index (χ4v) is 4.55. The second-order valence-corrected chi connectivity index (χ2v) is 7.77. The van der Waals surface area contributed by atoms with Gasteiger partial charge in [-0.1, -0.05) is 25.3 Å². The van der Waals surface area contributed by atoms with Gasteiger partial charge in [0.05, 0.1) is 11.4 Å². The summed E-state index contributed by atoms with van der Waals surface area (Å²) < 4.78 is 5.74. The molecule has 3 heterocycles. The first-order valence-corrected chi connectivity index (χ1v) is 9.51. The first-order valence-electron chi connectivity index (χ1n) is 8.63. The molecule has 1 spiro atoms. The molecule has 0 radical (unpaired) electrons. The number of carbonyl (C=O) groups excluding carboxylic acids is 2. The number of imide groups is 1. The molecule has 2 aromatic heterocycles. The summed E-state index contributed by atoms with van der Waals surface area (Å²) in [7, 11) is 1.75. The van der Waals surface area contributed by atoms with Crippen LogP contribution >= 0.6 is 11.3 Å². The fraction of sp³-hybridized carbons (Fsp3) is 0.500. The van der Waals surface area contributed by atoms with Gasteiger partial charge < -0.3 is 9.32 Å². The summed E-state index contributed by atoms with van der Waals surface area (Å²) in [5.41, 5.74) is -0.00447. The summed E-state index contributed by atoms with van der Waals surface area (Å²) in [5.74, 6) is 1.11. The summed E-state index contributed by atoms with van der Waals surface area (Å²) in [6.45, 7) is 2.00. The van der Waals surface area contributed by atoms with Gasteiger partial charge in [-0.05, 0) is 31.2 Å². The summed E-state index contributed by atoms with van der Waals surface area (Å²) >= 11 is 1.55. The van der Waals surface area contributed by atoms with Crippen molar-refractivity contribution in [1.29, 1.82) is 0 Å². The molecule has 1 aliphatic carbocycles. The first kappa shape index (κ1) is 16.3. The summed E-state index contributed by atoms with van der Waals surface area (Å²) in [6, 6.07) is 3.65. The van der Waals surface area contributed by atoms with Gasteiger partial charge in [0.15, 0.2) is 0 Å². The van der Waals surface area contributed by atoms with E-state index < -0.39 is 5.54 Å². The van der Waals surface area contributed by atoms with Crippen LogP contribution in [0.15, 0.2) is 21.9 Å². The Morgan fingerprint density at radius 2 is 2.04 bits per heavy atom. The molecule has 6 nitrogen and oxygen atoms in total. The Bertz CT molecular complexity index is 806. The van der Waals surface area contributed by atoms with Gasteiger partial charge >= 0.3 is 6.03 Å². The lowest BCUT2D eigenvalue weighted by Crippen LogP contribution is -2.49. The van der Waals surface area contributed by atoms with Crippen molar-refractivity contribution in [3.8, 4) is 10.8 Å². The molecule has 132 valence electrons. The smallest absolute Gasteiger partial charge is 0.327 e. The predicted molar refractivity (Wildman–Crippen MR) is 94.1 cm³/mol. The number of nitrogens with zero attached hydrogens (tertiary/aromatic N) is 3. The molecular formula is C18H21N3O3S. The molecule has 2 fully saturated rings. The maximum absolute atomic E-state index is 13.1. The van der Waals surface area contributed by atoms with Crippen LogP contribution in [0.5, 0.6) is 0 Å². The van der Waals surface area contributed by atoms with E-state index in [4.69, 9.17) is 4.42 Å². The predicted octanol–water partition coefficient (Wildman–Crippen LogP) is 3.81. The van der Waals surface area contributed by atoms with Crippen LogP contribution in [0.4, 0.5) is 4.79 Å². The maximum Gasteiger partial charge on any atom is 0.327 e. The monoisotopic (exact) mass is 359 g/mol. The van der Waals surface area contributed by atoms with E-state index in [-0.39, 0.29) is 18.5 Å². The standard InChI is InChI=1S/C18H21N3O3S/c1-12-13(19-15(24-12)14-7-6-10-25-14)11-21-16(22)18(20(2)17(21)23)8-4-3-5-9-18/h6-7,10H,3-5,8-9,11H2,1-2H3. The molecule has 0 atom stereocenters. The molecular weight excluding hydrogens is 338 g/mol. The maximum atomic E-state index is 13.1. The highest BCUT2D eigenvalue weighted by Gasteiger charge is 2.55. The van der Waals surface area contributed by atoms with Crippen molar-refractivity contribution in [1.82, 2.24) is 14.8 Å². The van der Waals surface area contributed by atoms with E-state index in [1.165, 1.54) is 4.90 Å². The van der Waals surface area contributed by atoms with Gasteiger partial charge in [-0.25, -0.2) is 9.78 Å². The van der Waals surface area contributed by atoms with Gasteiger partial charge in [0, 0.05) is 7.05 Å². The van der Waals surface area contributed by atoms with Gasteiger partial charge in [-0.3, -0.25) is 9.69 Å². The van der Waals surface area contributed by atoms with Crippen LogP contribution in [0.1, 0.15) is 43.6 Å². The topological polar surface area (TPSA) is 66.7 Å². The van der Waals surface area contributed by atoms with E-state index in [0.29, 0.717) is 17.3 Å². The minimum absolute atomic E-state index is 0.0835. The van der Waals surface area contributed by atoms with E-state index in [1.54, 1.807) is 23.3 Å². The zero-order valence-electron chi connectivity index (χ0n) is 14.4. The number of aromatic nitrogens is 1. The quantitative estimate of drug-likeness (QED) is 0.782. The van der Waals surface area contributed by atoms with Gasteiger partial charge in [-0.15, -0.1) is 11.3 Å². The molecule has 1 aliphatic heterocycles. The summed E-state index contributed by atoms with van der Waals surface area (Å²) in [6.07, 6.45) is 4.61. The average molecular weight is 359 g/mol. The van der Waals surface area contributed by atoms with Crippen LogP contribution in [-0.2, 0) is 11.3 Å². The number of likely N-dealkylation sites (N-methyl/N-ethyl adjacent to an activating group) is 1. The molecule has 0 bridgehead atoms. The lowest BCUT2D eigenvalue weighted by Gasteiger charge is -2.35. The highest BCUT2D eigenvalue weighted by atomic mass is 32.1. The second-order valence-electron chi connectivity index (χ2n) is 6.82. The zero-order chi connectivity index (χ0) is 17.6. The van der Waals surface area contributed by atoms with Crippen LogP contribution in [0, 0.1) is 6.92 Å². The Labute approximate surface area is 150 Å². The molecule has 0 N–H and O–H groups in total. The van der Waals surface area contributed by atoms with Gasteiger partial charge in [0.2, 0.25) is 5.89 Å². The normalized spacial score (nSPS) is 20.1. The van der Waals surface area contributed by atoms with Crippen LogP contribution in [0.3, 0.4) is 0 Å². The van der Waals surface area contributed by atoms with Crippen LogP contribution in [0.2, 0.25) is 0 Å². The fourth-order valence-electron chi connectivity index (χ4n) is 3.90. The molecule has 0 aromatic carbocycles. The van der Waals surface area contributed by atoms with Crippen molar-refractivity contribution in [3.63, 3.8) is 0 Å². The number of oxazole rings is 1. The number of hydrogen-bond acceptors (Lipinski definition) is 5. The van der Waals surface area contributed by atoms with E-state index in [1.807, 2.05) is 24.4 Å². The van der Waals surface area contributed by atoms with Gasteiger partial charge in [0.25, 0.3) is 5.91 Å². The number of thiophene rings is 1. The van der Waals surface area contributed by atoms with Crippen LogP contribution in [0.25, 0.3) is 10.8 Å². The minimum Gasteiger partial charge on any atom is -0.440 e. The number of carbonyl (C=O) groups is 2. The Balaban J connectivity index is 1.61. The minimum atomic E-state index is -0.649. The van der Waals surface area contributed by atoms with Gasteiger partial charge in [-0.2, -0.15) is 0 Å². The SMILES string of the molecule is Cc1oc(-c2cccs2)nc1CN1C(=O)N(C)C2(CCCCC2)C1=O. The number of rotatable bonds is 3. The Morgan fingerprint density at radius 3 is 2.72 bits per heavy atom. The molecule has 1 saturated carbocycles. The Hall–Kier alpha value is -2.15. The van der Waals surface area contributed by atoms with Crippen molar-refractivity contribution in [3.05, 3.63) is 29.0 Å². The van der Waals surface area contributed by atoms with Crippen molar-refractivity contribution in [2.45, 2.75) is 51.1 Å². The summed E-state index contributed by atoms with van der Waals surface area (Å²) in [4.78, 5) is 34.2. The Kier molecular flexibility index (Phi) is 3.91. The number of aryl methyl sites for hydroxylation is 1. The van der Waals surface area contributed by atoms with Crippen molar-refractivity contribution >= 4 is 23.3 Å². The van der Waals surface area contributed by atoms with Crippen LogP contribution in [-0.4, -0.2) is 39.3 Å². The molecule has 2 aromatic rings. The van der Waals surface area contributed by atoms with E-state index >= 15 is 0 Å². The molecule has 7 heteroatoms. The van der Waals surface area contributed by atoms with E-state index in [0.717, 1.165) is 37.0 Å². The largest absolute Gasteiger partial charge is 0.440 e. The van der Waals surface area contributed by atoms with Crippen molar-refractivity contribution in [2.24, 2.45) is 0 Å². The third kappa shape index (κ3) is 2.49. The lowest BCUT2D eigenvalue weighted by atomic mass is 9.81. The highest BCUT2D eigenvalue weighted by molar-refractivity contribution is 7.13. The van der Waals surface area contributed by atoms with E-state index in [2.05, 4.69) is 4.98 Å². The number of urea groups is 1. The number of amides is 3. The molecule has 1 saturated heterocycles. The molecule has 25 heavy (non-hydrogen) atoms. The third-order valence-corrected chi connectivity index (χ3v) is 6.27. The first-order chi connectivity index (χ1) is 12.0. The van der Waals surface area contributed by atoms with Crippen LogP contribution < -0.4 is 0 Å².